The molecule has 2 heterocycles. The number of nitrogens with one attached hydrogen (secondary N) is 1. The van der Waals surface area contributed by atoms with E-state index in [0.717, 1.165) is 85.6 Å². The van der Waals surface area contributed by atoms with E-state index >= 15 is 0 Å². The van der Waals surface area contributed by atoms with E-state index in [1.54, 1.807) is 0 Å². The highest BCUT2D eigenvalue weighted by Crippen LogP contribution is 2.57. The number of benzene rings is 3. The largest absolute Gasteiger partial charge is 0.457 e. The van der Waals surface area contributed by atoms with Gasteiger partial charge < -0.3 is 20.7 Å². The maximum atomic E-state index is 14.4. The number of ether oxygens (including phenoxy) is 1. The normalized spacial score (nSPS) is 15.1. The second kappa shape index (κ2) is 12.6. The van der Waals surface area contributed by atoms with Crippen molar-refractivity contribution in [1.82, 2.24) is 15.1 Å². The number of rotatable bonds is 12. The third-order valence-electron chi connectivity index (χ3n) is 8.53. The van der Waals surface area contributed by atoms with Crippen molar-refractivity contribution in [2.45, 2.75) is 71.4 Å². The Kier molecular flexibility index (Phi) is 9.07. The SMILES string of the molecule is CCCc1ccc2c(c1)Oc1cc(CCC)ccc1C21c2ccccc2C(=O)N1CCN(CCN)CCNC(C)(C)C. The molecule has 5 rings (SSSR count). The zero-order valence-electron chi connectivity index (χ0n) is 26.1. The summed E-state index contributed by atoms with van der Waals surface area (Å²) >= 11 is 0. The summed E-state index contributed by atoms with van der Waals surface area (Å²) in [7, 11) is 0. The van der Waals surface area contributed by atoms with Crippen LogP contribution in [0.1, 0.15) is 85.6 Å². The van der Waals surface area contributed by atoms with Gasteiger partial charge in [0.05, 0.1) is 0 Å². The number of hydrogen-bond donors (Lipinski definition) is 2. The van der Waals surface area contributed by atoms with Crippen LogP contribution in [-0.2, 0) is 18.4 Å². The molecule has 0 saturated heterocycles. The first kappa shape index (κ1) is 30.3. The number of fused-ring (bicyclic) bond motifs is 6. The van der Waals surface area contributed by atoms with Crippen LogP contribution >= 0.6 is 0 Å². The molecule has 0 bridgehead atoms. The maximum absolute atomic E-state index is 14.4. The van der Waals surface area contributed by atoms with Gasteiger partial charge in [-0.15, -0.1) is 0 Å². The third-order valence-corrected chi connectivity index (χ3v) is 8.53. The van der Waals surface area contributed by atoms with Crippen molar-refractivity contribution in [1.29, 1.82) is 0 Å². The van der Waals surface area contributed by atoms with E-state index in [2.05, 4.69) is 98.3 Å². The minimum atomic E-state index is -0.760. The van der Waals surface area contributed by atoms with Gasteiger partial charge in [-0.2, -0.15) is 0 Å². The summed E-state index contributed by atoms with van der Waals surface area (Å²) in [4.78, 5) is 18.9. The average Bonchev–Trinajstić information content (AvgIpc) is 3.19. The lowest BCUT2D eigenvalue weighted by Crippen LogP contribution is -2.51. The smallest absolute Gasteiger partial charge is 0.255 e. The van der Waals surface area contributed by atoms with Crippen LogP contribution in [0.5, 0.6) is 11.5 Å². The van der Waals surface area contributed by atoms with E-state index in [9.17, 15) is 4.79 Å². The Morgan fingerprint density at radius 2 is 1.48 bits per heavy atom. The van der Waals surface area contributed by atoms with Crippen molar-refractivity contribution in [3.8, 4) is 11.5 Å². The molecular formula is C36H48N4O2. The number of carbonyl (C=O) groups excluding carboxylic acids is 1. The molecule has 0 saturated carbocycles. The molecule has 224 valence electrons. The first-order chi connectivity index (χ1) is 20.2. The lowest BCUT2D eigenvalue weighted by Gasteiger charge is -2.45. The molecule has 3 aromatic carbocycles. The van der Waals surface area contributed by atoms with Gasteiger partial charge in [0.25, 0.3) is 5.91 Å². The molecular weight excluding hydrogens is 520 g/mol. The molecule has 0 atom stereocenters. The summed E-state index contributed by atoms with van der Waals surface area (Å²) in [6, 6.07) is 21.4. The second-order valence-electron chi connectivity index (χ2n) is 12.8. The van der Waals surface area contributed by atoms with Crippen molar-refractivity contribution in [2.24, 2.45) is 5.73 Å². The van der Waals surface area contributed by atoms with Crippen LogP contribution in [0.3, 0.4) is 0 Å². The van der Waals surface area contributed by atoms with Gasteiger partial charge in [0.2, 0.25) is 0 Å². The Morgan fingerprint density at radius 1 is 0.857 bits per heavy atom. The number of carbonyl (C=O) groups is 1. The predicted molar refractivity (Wildman–Crippen MR) is 172 cm³/mol. The summed E-state index contributed by atoms with van der Waals surface area (Å²) in [6.07, 6.45) is 4.11. The maximum Gasteiger partial charge on any atom is 0.255 e. The van der Waals surface area contributed by atoms with Crippen LogP contribution < -0.4 is 15.8 Å². The van der Waals surface area contributed by atoms with Gasteiger partial charge in [0.1, 0.15) is 17.0 Å². The number of nitrogens with zero attached hydrogens (tertiary/aromatic N) is 2. The van der Waals surface area contributed by atoms with E-state index < -0.39 is 5.54 Å². The molecule has 1 spiro atoms. The quantitative estimate of drug-likeness (QED) is 0.277. The molecule has 0 aliphatic carbocycles. The zero-order valence-corrected chi connectivity index (χ0v) is 26.1. The van der Waals surface area contributed by atoms with Gasteiger partial charge in [-0.3, -0.25) is 9.69 Å². The number of nitrogens with two attached hydrogens (primary N) is 1. The van der Waals surface area contributed by atoms with Crippen LogP contribution in [0.2, 0.25) is 0 Å². The molecule has 3 aromatic rings. The molecule has 6 nitrogen and oxygen atoms in total. The standard InChI is InChI=1S/C36H48N4O2/c1-6-10-26-14-16-30-32(24-26)42-33-25-27(11-7-2)15-17-31(33)36(30)29-13-9-8-12-28(29)34(41)40(36)23-22-39(20-18-37)21-19-38-35(3,4)5/h8-9,12-17,24-25,38H,6-7,10-11,18-23,37H2,1-5H3. The molecule has 0 radical (unpaired) electrons. The van der Waals surface area contributed by atoms with Crippen molar-refractivity contribution >= 4 is 5.91 Å². The highest BCUT2D eigenvalue weighted by Gasteiger charge is 2.56. The van der Waals surface area contributed by atoms with Gasteiger partial charge >= 0.3 is 0 Å². The zero-order chi connectivity index (χ0) is 29.9. The molecule has 6 heteroatoms. The first-order valence-corrected chi connectivity index (χ1v) is 15.8. The van der Waals surface area contributed by atoms with Gasteiger partial charge in [-0.1, -0.05) is 69.2 Å². The number of hydrogen-bond acceptors (Lipinski definition) is 5. The fourth-order valence-electron chi connectivity index (χ4n) is 6.68. The first-order valence-electron chi connectivity index (χ1n) is 15.8. The summed E-state index contributed by atoms with van der Waals surface area (Å²) in [5.74, 6) is 1.77. The summed E-state index contributed by atoms with van der Waals surface area (Å²) < 4.78 is 6.71. The Morgan fingerprint density at radius 3 is 2.05 bits per heavy atom. The summed E-state index contributed by atoms with van der Waals surface area (Å²) in [5.41, 5.74) is 11.7. The molecule has 3 N–H and O–H groups in total. The molecule has 1 amide bonds. The fourth-order valence-corrected chi connectivity index (χ4v) is 6.68. The lowest BCUT2D eigenvalue weighted by molar-refractivity contribution is 0.0635. The van der Waals surface area contributed by atoms with Crippen molar-refractivity contribution in [3.63, 3.8) is 0 Å². The molecule has 0 unspecified atom stereocenters. The minimum Gasteiger partial charge on any atom is -0.457 e. The Balaban J connectivity index is 1.62. The van der Waals surface area contributed by atoms with Gasteiger partial charge in [0, 0.05) is 61.5 Å². The average molecular weight is 569 g/mol. The van der Waals surface area contributed by atoms with E-state index in [-0.39, 0.29) is 11.4 Å². The second-order valence-corrected chi connectivity index (χ2v) is 12.8. The lowest BCUT2D eigenvalue weighted by atomic mass is 9.74. The number of amides is 1. The minimum absolute atomic E-state index is 0.0494. The monoisotopic (exact) mass is 568 g/mol. The Hall–Kier alpha value is -3.19. The molecule has 0 fully saturated rings. The van der Waals surface area contributed by atoms with Gasteiger partial charge in [-0.05, 0) is 68.5 Å². The summed E-state index contributed by atoms with van der Waals surface area (Å²) in [5, 5.41) is 3.60. The molecule has 2 aliphatic rings. The van der Waals surface area contributed by atoms with Gasteiger partial charge in [-0.25, -0.2) is 0 Å². The molecule has 42 heavy (non-hydrogen) atoms. The summed E-state index contributed by atoms with van der Waals surface area (Å²) in [6.45, 7) is 15.4. The molecule has 2 aliphatic heterocycles. The Labute approximate surface area is 252 Å². The topological polar surface area (TPSA) is 70.8 Å². The van der Waals surface area contributed by atoms with Crippen LogP contribution in [-0.4, -0.2) is 60.5 Å². The fraction of sp³-hybridized carbons (Fsp3) is 0.472. The van der Waals surface area contributed by atoms with E-state index in [1.165, 1.54) is 11.1 Å². The molecule has 0 aromatic heterocycles. The Bertz CT molecular complexity index is 1350. The van der Waals surface area contributed by atoms with Crippen LogP contribution in [0, 0.1) is 0 Å². The van der Waals surface area contributed by atoms with Crippen LogP contribution in [0.25, 0.3) is 0 Å². The number of aryl methyl sites for hydroxylation is 2. The van der Waals surface area contributed by atoms with Crippen molar-refractivity contribution in [2.75, 3.05) is 39.3 Å². The van der Waals surface area contributed by atoms with Crippen molar-refractivity contribution < 1.29 is 9.53 Å². The van der Waals surface area contributed by atoms with Crippen LogP contribution in [0.4, 0.5) is 0 Å². The highest BCUT2D eigenvalue weighted by molar-refractivity contribution is 6.02. The van der Waals surface area contributed by atoms with Crippen molar-refractivity contribution in [3.05, 3.63) is 94.0 Å². The van der Waals surface area contributed by atoms with E-state index in [0.29, 0.717) is 13.1 Å². The highest BCUT2D eigenvalue weighted by atomic mass is 16.5. The van der Waals surface area contributed by atoms with Gasteiger partial charge in [0.15, 0.2) is 0 Å². The predicted octanol–water partition coefficient (Wildman–Crippen LogP) is 6.09. The third kappa shape index (κ3) is 5.72. The van der Waals surface area contributed by atoms with E-state index in [4.69, 9.17) is 10.5 Å². The van der Waals surface area contributed by atoms with Crippen LogP contribution in [0.15, 0.2) is 60.7 Å². The van der Waals surface area contributed by atoms with E-state index in [1.807, 2.05) is 12.1 Å².